The number of fused-ring (bicyclic) bond motifs is 2. The minimum atomic E-state index is -0.835. The Kier molecular flexibility index (Phi) is 5.62. The van der Waals surface area contributed by atoms with Crippen LogP contribution in [0.3, 0.4) is 0 Å². The molecule has 0 radical (unpaired) electrons. The molecule has 1 aliphatic carbocycles. The van der Waals surface area contributed by atoms with Gasteiger partial charge >= 0.3 is 5.97 Å². The number of aliphatic hydroxyl groups is 1. The zero-order valence-corrected chi connectivity index (χ0v) is 20.3. The number of ether oxygens (including phenoxy) is 1. The number of piperazine rings is 1. The SMILES string of the molecule is CCOC(=O)c1ccc(Nc2cc(N3CCN(C)CC3)c3noc4c3c2C(O)c2ccccc2-4)cc1. The lowest BCUT2D eigenvalue weighted by atomic mass is 9.85. The number of esters is 1. The summed E-state index contributed by atoms with van der Waals surface area (Å²) in [5.74, 6) is 0.330. The van der Waals surface area contributed by atoms with E-state index in [1.165, 1.54) is 0 Å². The molecule has 0 bridgehead atoms. The zero-order valence-electron chi connectivity index (χ0n) is 20.3. The van der Waals surface area contributed by atoms with Crippen LogP contribution in [0.4, 0.5) is 17.1 Å². The van der Waals surface area contributed by atoms with Crippen molar-refractivity contribution in [3.63, 3.8) is 0 Å². The van der Waals surface area contributed by atoms with Crippen LogP contribution in [0.15, 0.2) is 59.1 Å². The number of hydrogen-bond acceptors (Lipinski definition) is 8. The third kappa shape index (κ3) is 3.70. The van der Waals surface area contributed by atoms with E-state index in [4.69, 9.17) is 9.26 Å². The minimum Gasteiger partial charge on any atom is -0.462 e. The molecule has 0 spiro atoms. The Morgan fingerprint density at radius 1 is 1.14 bits per heavy atom. The average molecular weight is 485 g/mol. The molecule has 1 unspecified atom stereocenters. The van der Waals surface area contributed by atoms with Gasteiger partial charge in [-0.25, -0.2) is 4.79 Å². The third-order valence-corrected chi connectivity index (χ3v) is 7.07. The van der Waals surface area contributed by atoms with E-state index in [2.05, 4.69) is 33.4 Å². The van der Waals surface area contributed by atoms with Crippen LogP contribution < -0.4 is 10.2 Å². The monoisotopic (exact) mass is 484 g/mol. The maximum atomic E-state index is 12.1. The number of carbonyl (C=O) groups excluding carboxylic acids is 1. The number of benzene rings is 3. The van der Waals surface area contributed by atoms with Gasteiger partial charge in [0.15, 0.2) is 5.76 Å². The Balaban J connectivity index is 1.48. The van der Waals surface area contributed by atoms with Crippen molar-refractivity contribution in [3.8, 4) is 11.3 Å². The Morgan fingerprint density at radius 2 is 1.89 bits per heavy atom. The fourth-order valence-electron chi connectivity index (χ4n) is 5.15. The number of likely N-dealkylation sites (N-methyl/N-ethyl adjacent to an activating group) is 1. The van der Waals surface area contributed by atoms with Gasteiger partial charge in [0.25, 0.3) is 0 Å². The Labute approximate surface area is 209 Å². The highest BCUT2D eigenvalue weighted by molar-refractivity contribution is 6.07. The summed E-state index contributed by atoms with van der Waals surface area (Å²) in [6, 6.07) is 17.0. The number of nitrogens with one attached hydrogen (secondary N) is 1. The lowest BCUT2D eigenvalue weighted by molar-refractivity contribution is 0.0526. The molecule has 2 N–H and O–H groups in total. The van der Waals surface area contributed by atoms with E-state index < -0.39 is 6.10 Å². The second kappa shape index (κ2) is 8.96. The Bertz CT molecular complexity index is 1440. The molecule has 1 aliphatic heterocycles. The predicted molar refractivity (Wildman–Crippen MR) is 139 cm³/mol. The van der Waals surface area contributed by atoms with Crippen LogP contribution in [0.25, 0.3) is 22.2 Å². The normalized spacial score (nSPS) is 17.2. The molecule has 1 atom stereocenters. The zero-order chi connectivity index (χ0) is 24.8. The van der Waals surface area contributed by atoms with Crippen molar-refractivity contribution in [2.24, 2.45) is 0 Å². The van der Waals surface area contributed by atoms with Gasteiger partial charge in [-0.2, -0.15) is 0 Å². The molecule has 8 heteroatoms. The molecular formula is C28H28N4O4. The van der Waals surface area contributed by atoms with Gasteiger partial charge in [-0.05, 0) is 49.9 Å². The van der Waals surface area contributed by atoms with Crippen molar-refractivity contribution in [1.29, 1.82) is 0 Å². The fourth-order valence-corrected chi connectivity index (χ4v) is 5.15. The number of aliphatic hydroxyl groups excluding tert-OH is 1. The molecule has 8 nitrogen and oxygen atoms in total. The van der Waals surface area contributed by atoms with Gasteiger partial charge < -0.3 is 29.5 Å². The van der Waals surface area contributed by atoms with Crippen molar-refractivity contribution in [3.05, 3.63) is 71.3 Å². The van der Waals surface area contributed by atoms with E-state index in [0.717, 1.165) is 70.8 Å². The Hall–Kier alpha value is -3.88. The average Bonchev–Trinajstić information content (AvgIpc) is 3.34. The summed E-state index contributed by atoms with van der Waals surface area (Å²) in [7, 11) is 2.13. The number of aromatic nitrogens is 1. The van der Waals surface area contributed by atoms with Gasteiger partial charge in [0, 0.05) is 48.7 Å². The van der Waals surface area contributed by atoms with Crippen LogP contribution >= 0.6 is 0 Å². The van der Waals surface area contributed by atoms with E-state index in [0.29, 0.717) is 17.9 Å². The first-order valence-corrected chi connectivity index (χ1v) is 12.3. The van der Waals surface area contributed by atoms with Gasteiger partial charge in [0.1, 0.15) is 11.6 Å². The molecule has 3 aromatic carbocycles. The smallest absolute Gasteiger partial charge is 0.338 e. The standard InChI is InChI=1S/C28H28N4O4/c1-3-35-28(34)17-8-10-18(11-9-17)29-21-16-22(32-14-12-31(2)13-15-32)25-24-23(21)26(33)19-6-4-5-7-20(19)27(24)36-30-25/h4-11,16,26,29,33H,3,12-15H2,1-2H3. The van der Waals surface area contributed by atoms with Gasteiger partial charge in [-0.3, -0.25) is 0 Å². The summed E-state index contributed by atoms with van der Waals surface area (Å²) in [5.41, 5.74) is 6.21. The van der Waals surface area contributed by atoms with Crippen molar-refractivity contribution < 1.29 is 19.2 Å². The van der Waals surface area contributed by atoms with Crippen LogP contribution in [0.1, 0.15) is 34.5 Å². The quantitative estimate of drug-likeness (QED) is 0.399. The molecule has 4 aromatic rings. The number of rotatable bonds is 5. The number of hydrogen-bond donors (Lipinski definition) is 2. The fraction of sp³-hybridized carbons (Fsp3) is 0.286. The van der Waals surface area contributed by atoms with Gasteiger partial charge in [-0.1, -0.05) is 29.4 Å². The topological polar surface area (TPSA) is 91.1 Å². The van der Waals surface area contributed by atoms with Crippen LogP contribution in [-0.2, 0) is 4.74 Å². The van der Waals surface area contributed by atoms with E-state index >= 15 is 0 Å². The lowest BCUT2D eigenvalue weighted by Crippen LogP contribution is -2.44. The third-order valence-electron chi connectivity index (χ3n) is 7.07. The summed E-state index contributed by atoms with van der Waals surface area (Å²) < 4.78 is 11.0. The minimum absolute atomic E-state index is 0.331. The predicted octanol–water partition coefficient (Wildman–Crippen LogP) is 4.56. The second-order valence-corrected chi connectivity index (χ2v) is 9.30. The Morgan fingerprint density at radius 3 is 2.64 bits per heavy atom. The highest BCUT2D eigenvalue weighted by Gasteiger charge is 2.34. The molecule has 0 amide bonds. The molecule has 2 heterocycles. The molecular weight excluding hydrogens is 456 g/mol. The summed E-state index contributed by atoms with van der Waals surface area (Å²) in [5, 5.41) is 20.3. The highest BCUT2D eigenvalue weighted by Crippen LogP contribution is 2.50. The summed E-state index contributed by atoms with van der Waals surface area (Å²) >= 11 is 0. The van der Waals surface area contributed by atoms with Crippen molar-refractivity contribution in [1.82, 2.24) is 10.1 Å². The van der Waals surface area contributed by atoms with Crippen LogP contribution in [0.5, 0.6) is 0 Å². The van der Waals surface area contributed by atoms with E-state index in [9.17, 15) is 9.90 Å². The maximum absolute atomic E-state index is 12.1. The van der Waals surface area contributed by atoms with E-state index in [-0.39, 0.29) is 5.97 Å². The van der Waals surface area contributed by atoms with E-state index in [1.807, 2.05) is 36.4 Å². The number of anilines is 3. The highest BCUT2D eigenvalue weighted by atomic mass is 16.5. The van der Waals surface area contributed by atoms with Crippen molar-refractivity contribution in [2.75, 3.05) is 50.1 Å². The summed E-state index contributed by atoms with van der Waals surface area (Å²) in [6.07, 6.45) is -0.835. The first-order chi connectivity index (χ1) is 17.5. The number of carbonyl (C=O) groups is 1. The molecule has 1 aromatic heterocycles. The molecule has 1 fully saturated rings. The van der Waals surface area contributed by atoms with Gasteiger partial charge in [-0.15, -0.1) is 0 Å². The van der Waals surface area contributed by atoms with E-state index in [1.54, 1.807) is 19.1 Å². The van der Waals surface area contributed by atoms with Crippen LogP contribution in [-0.4, -0.2) is 61.0 Å². The van der Waals surface area contributed by atoms with Crippen LogP contribution in [0, 0.1) is 0 Å². The molecule has 184 valence electrons. The largest absolute Gasteiger partial charge is 0.462 e. The number of nitrogens with zero attached hydrogens (tertiary/aromatic N) is 3. The first-order valence-electron chi connectivity index (χ1n) is 12.3. The second-order valence-electron chi connectivity index (χ2n) is 9.30. The lowest BCUT2D eigenvalue weighted by Gasteiger charge is -2.35. The molecule has 0 saturated carbocycles. The first kappa shape index (κ1) is 22.6. The molecule has 2 aliphatic rings. The maximum Gasteiger partial charge on any atom is 0.338 e. The summed E-state index contributed by atoms with van der Waals surface area (Å²) in [6.45, 7) is 5.78. The van der Waals surface area contributed by atoms with Crippen molar-refractivity contribution in [2.45, 2.75) is 13.0 Å². The summed E-state index contributed by atoms with van der Waals surface area (Å²) in [4.78, 5) is 16.7. The van der Waals surface area contributed by atoms with Gasteiger partial charge in [0.05, 0.1) is 23.2 Å². The molecule has 6 rings (SSSR count). The molecule has 1 saturated heterocycles. The van der Waals surface area contributed by atoms with Gasteiger partial charge in [0.2, 0.25) is 0 Å². The molecule has 36 heavy (non-hydrogen) atoms. The van der Waals surface area contributed by atoms with Crippen LogP contribution in [0.2, 0.25) is 0 Å². The van der Waals surface area contributed by atoms with Crippen molar-refractivity contribution >= 4 is 33.9 Å².